The molecule has 7 heteroatoms. The normalized spacial score (nSPS) is 12.0. The number of thiophene rings is 1. The van der Waals surface area contributed by atoms with Gasteiger partial charge in [0, 0.05) is 24.3 Å². The Labute approximate surface area is 167 Å². The fraction of sp³-hybridized carbons (Fsp3) is 0.143. The fourth-order valence-corrected chi connectivity index (χ4v) is 3.92. The lowest BCUT2D eigenvalue weighted by Gasteiger charge is -2.19. The van der Waals surface area contributed by atoms with Gasteiger partial charge in [-0.25, -0.2) is 4.98 Å². The molecular weight excluding hydrogens is 370 g/mol. The Morgan fingerprint density at radius 1 is 1.14 bits per heavy atom. The zero-order valence-electron chi connectivity index (χ0n) is 15.4. The number of carbonyl (C=O) groups excluding carboxylic acids is 1. The minimum Gasteiger partial charge on any atom is -0.354 e. The van der Waals surface area contributed by atoms with Crippen LogP contribution in [0.3, 0.4) is 0 Å². The highest BCUT2D eigenvalue weighted by molar-refractivity contribution is 7.12. The first-order valence-corrected chi connectivity index (χ1v) is 9.91. The Morgan fingerprint density at radius 3 is 2.82 bits per heavy atom. The van der Waals surface area contributed by atoms with Crippen LogP contribution in [0.5, 0.6) is 0 Å². The zero-order chi connectivity index (χ0) is 19.3. The maximum Gasteiger partial charge on any atom is 0.264 e. The summed E-state index contributed by atoms with van der Waals surface area (Å²) in [5, 5.41) is 12.6. The number of hydrogen-bond acceptors (Lipinski definition) is 5. The summed E-state index contributed by atoms with van der Waals surface area (Å²) < 4.78 is 0. The zero-order valence-corrected chi connectivity index (χ0v) is 16.2. The van der Waals surface area contributed by atoms with Crippen LogP contribution in [0.2, 0.25) is 0 Å². The Balaban J connectivity index is 1.56. The SMILES string of the molecule is CNCC(NC(=O)c1sccc1Nc1ccnc2[nH]ccc12)c1ccccc1. The largest absolute Gasteiger partial charge is 0.354 e. The number of aromatic amines is 1. The molecule has 6 nitrogen and oxygen atoms in total. The van der Waals surface area contributed by atoms with E-state index in [4.69, 9.17) is 0 Å². The van der Waals surface area contributed by atoms with E-state index in [1.54, 1.807) is 6.20 Å². The summed E-state index contributed by atoms with van der Waals surface area (Å²) in [5.41, 5.74) is 3.57. The third-order valence-corrected chi connectivity index (χ3v) is 5.43. The molecule has 4 N–H and O–H groups in total. The molecule has 0 radical (unpaired) electrons. The molecule has 1 amide bonds. The lowest BCUT2D eigenvalue weighted by molar-refractivity contribution is 0.0941. The van der Waals surface area contributed by atoms with Crippen molar-refractivity contribution in [3.8, 4) is 0 Å². The number of aromatic nitrogens is 2. The fourth-order valence-electron chi connectivity index (χ4n) is 3.16. The van der Waals surface area contributed by atoms with Crippen LogP contribution in [0.25, 0.3) is 11.0 Å². The van der Waals surface area contributed by atoms with Crippen LogP contribution in [0.4, 0.5) is 11.4 Å². The highest BCUT2D eigenvalue weighted by Crippen LogP contribution is 2.30. The van der Waals surface area contributed by atoms with Gasteiger partial charge in [-0.15, -0.1) is 11.3 Å². The average Bonchev–Trinajstić information content (AvgIpc) is 3.38. The summed E-state index contributed by atoms with van der Waals surface area (Å²) >= 11 is 1.42. The first-order chi connectivity index (χ1) is 13.8. The van der Waals surface area contributed by atoms with Crippen molar-refractivity contribution in [2.24, 2.45) is 0 Å². The number of fused-ring (bicyclic) bond motifs is 1. The molecule has 1 aromatic carbocycles. The van der Waals surface area contributed by atoms with E-state index in [9.17, 15) is 4.79 Å². The Hall–Kier alpha value is -3.16. The van der Waals surface area contributed by atoms with Crippen LogP contribution in [0, 0.1) is 0 Å². The topological polar surface area (TPSA) is 81.8 Å². The van der Waals surface area contributed by atoms with E-state index < -0.39 is 0 Å². The van der Waals surface area contributed by atoms with Gasteiger partial charge in [0.25, 0.3) is 5.91 Å². The molecule has 0 saturated carbocycles. The maximum absolute atomic E-state index is 13.0. The summed E-state index contributed by atoms with van der Waals surface area (Å²) in [5.74, 6) is -0.0963. The van der Waals surface area contributed by atoms with E-state index in [2.05, 4.69) is 25.9 Å². The Bertz CT molecular complexity index is 1070. The molecule has 28 heavy (non-hydrogen) atoms. The molecule has 4 rings (SSSR count). The third kappa shape index (κ3) is 3.76. The summed E-state index contributed by atoms with van der Waals surface area (Å²) in [4.78, 5) is 21.1. The second-order valence-electron chi connectivity index (χ2n) is 6.38. The molecule has 3 heterocycles. The quantitative estimate of drug-likeness (QED) is 0.383. The number of H-pyrrole nitrogens is 1. The maximum atomic E-state index is 13.0. The van der Waals surface area contributed by atoms with Crippen molar-refractivity contribution in [3.05, 3.63) is 76.7 Å². The summed E-state index contributed by atoms with van der Waals surface area (Å²) in [7, 11) is 1.88. The van der Waals surface area contributed by atoms with Gasteiger partial charge in [0.15, 0.2) is 0 Å². The highest BCUT2D eigenvalue weighted by atomic mass is 32.1. The third-order valence-electron chi connectivity index (χ3n) is 4.52. The number of nitrogens with zero attached hydrogens (tertiary/aromatic N) is 1. The molecule has 0 bridgehead atoms. The molecule has 4 aromatic rings. The van der Waals surface area contributed by atoms with Crippen molar-refractivity contribution < 1.29 is 4.79 Å². The van der Waals surface area contributed by atoms with Gasteiger partial charge < -0.3 is 20.9 Å². The number of pyridine rings is 1. The highest BCUT2D eigenvalue weighted by Gasteiger charge is 2.19. The first-order valence-electron chi connectivity index (χ1n) is 9.03. The molecule has 0 fully saturated rings. The number of likely N-dealkylation sites (N-methyl/N-ethyl adjacent to an activating group) is 1. The molecule has 0 spiro atoms. The number of rotatable bonds is 7. The number of anilines is 2. The van der Waals surface area contributed by atoms with Crippen molar-refractivity contribution >= 4 is 39.7 Å². The number of benzene rings is 1. The van der Waals surface area contributed by atoms with Crippen LogP contribution >= 0.6 is 11.3 Å². The monoisotopic (exact) mass is 391 g/mol. The summed E-state index contributed by atoms with van der Waals surface area (Å²) in [6.07, 6.45) is 3.60. The van der Waals surface area contributed by atoms with Gasteiger partial charge in [0.2, 0.25) is 0 Å². The van der Waals surface area contributed by atoms with E-state index in [0.29, 0.717) is 11.4 Å². The number of hydrogen-bond donors (Lipinski definition) is 4. The summed E-state index contributed by atoms with van der Waals surface area (Å²) in [6.45, 7) is 0.651. The van der Waals surface area contributed by atoms with Crippen LogP contribution in [-0.2, 0) is 0 Å². The molecule has 3 aromatic heterocycles. The predicted molar refractivity (Wildman–Crippen MR) is 114 cm³/mol. The molecular formula is C21H21N5OS. The van der Waals surface area contributed by atoms with Crippen LogP contribution < -0.4 is 16.0 Å². The van der Waals surface area contributed by atoms with Gasteiger partial charge in [0.1, 0.15) is 10.5 Å². The minimum absolute atomic E-state index is 0.0963. The second kappa shape index (κ2) is 8.24. The van der Waals surface area contributed by atoms with E-state index in [-0.39, 0.29) is 11.9 Å². The molecule has 1 unspecified atom stereocenters. The first kappa shape index (κ1) is 18.2. The van der Waals surface area contributed by atoms with E-state index in [1.807, 2.05) is 67.2 Å². The van der Waals surface area contributed by atoms with Crippen molar-refractivity contribution in [1.29, 1.82) is 0 Å². The Kier molecular flexibility index (Phi) is 5.36. The van der Waals surface area contributed by atoms with Crippen LogP contribution in [-0.4, -0.2) is 29.5 Å². The number of nitrogens with one attached hydrogen (secondary N) is 4. The molecule has 0 aliphatic heterocycles. The van der Waals surface area contributed by atoms with E-state index >= 15 is 0 Å². The molecule has 1 atom stereocenters. The van der Waals surface area contributed by atoms with Crippen molar-refractivity contribution in [2.75, 3.05) is 18.9 Å². The lowest BCUT2D eigenvalue weighted by atomic mass is 10.1. The number of amides is 1. The van der Waals surface area contributed by atoms with Crippen LogP contribution in [0.15, 0.2) is 66.3 Å². The van der Waals surface area contributed by atoms with Gasteiger partial charge in [-0.1, -0.05) is 30.3 Å². The standard InChI is InChI=1S/C21H21N5OS/c1-22-13-18(14-5-3-2-4-6-14)26-21(27)19-17(9-12-28-19)25-16-8-11-24-20-15(16)7-10-23-20/h2-12,18,22H,13H2,1H3,(H,26,27)(H2,23,24,25). The minimum atomic E-state index is -0.106. The second-order valence-corrected chi connectivity index (χ2v) is 7.30. The predicted octanol–water partition coefficient (Wildman–Crippen LogP) is 4.06. The van der Waals surface area contributed by atoms with Gasteiger partial charge in [0.05, 0.1) is 17.4 Å². The van der Waals surface area contributed by atoms with E-state index in [0.717, 1.165) is 28.0 Å². The van der Waals surface area contributed by atoms with Crippen molar-refractivity contribution in [3.63, 3.8) is 0 Å². The van der Waals surface area contributed by atoms with Gasteiger partial charge in [-0.2, -0.15) is 0 Å². The van der Waals surface area contributed by atoms with Crippen molar-refractivity contribution in [1.82, 2.24) is 20.6 Å². The van der Waals surface area contributed by atoms with Gasteiger partial charge in [-0.05, 0) is 36.2 Å². The number of carbonyl (C=O) groups is 1. The van der Waals surface area contributed by atoms with Gasteiger partial charge in [-0.3, -0.25) is 4.79 Å². The molecule has 0 saturated heterocycles. The molecule has 142 valence electrons. The average molecular weight is 392 g/mol. The summed E-state index contributed by atoms with van der Waals surface area (Å²) in [6, 6.07) is 15.7. The van der Waals surface area contributed by atoms with Crippen molar-refractivity contribution in [2.45, 2.75) is 6.04 Å². The van der Waals surface area contributed by atoms with E-state index in [1.165, 1.54) is 11.3 Å². The Morgan fingerprint density at radius 2 is 2.00 bits per heavy atom. The molecule has 0 aliphatic rings. The molecule has 0 aliphatic carbocycles. The van der Waals surface area contributed by atoms with Gasteiger partial charge >= 0.3 is 0 Å². The lowest BCUT2D eigenvalue weighted by Crippen LogP contribution is -2.34. The van der Waals surface area contributed by atoms with Crippen LogP contribution in [0.1, 0.15) is 21.3 Å². The smallest absolute Gasteiger partial charge is 0.264 e.